The monoisotopic (exact) mass is 273 g/mol. The van der Waals surface area contributed by atoms with Crippen LogP contribution in [0.15, 0.2) is 18.2 Å². The average Bonchev–Trinajstić information content (AvgIpc) is 2.48. The lowest BCUT2D eigenvalue weighted by molar-refractivity contribution is 0.232. The van der Waals surface area contributed by atoms with Gasteiger partial charge in [-0.15, -0.1) is 0 Å². The maximum absolute atomic E-state index is 6.53. The van der Waals surface area contributed by atoms with Gasteiger partial charge in [0.15, 0.2) is 0 Å². The topological polar surface area (TPSA) is 26.0 Å². The van der Waals surface area contributed by atoms with E-state index in [9.17, 15) is 0 Å². The fourth-order valence-electron chi connectivity index (χ4n) is 3.57. The van der Waals surface area contributed by atoms with Gasteiger partial charge >= 0.3 is 0 Å². The highest BCUT2D eigenvalue weighted by Crippen LogP contribution is 2.37. The number of nitrogens with two attached hydrogens (primary N) is 1. The smallest absolute Gasteiger partial charge is 0.0323 e. The molecule has 1 atom stereocenters. The van der Waals surface area contributed by atoms with E-state index in [2.05, 4.69) is 39.0 Å². The molecule has 0 aromatic heterocycles. The summed E-state index contributed by atoms with van der Waals surface area (Å²) in [5, 5.41) is 0. The summed E-state index contributed by atoms with van der Waals surface area (Å²) in [6.07, 6.45) is 9.60. The highest BCUT2D eigenvalue weighted by Gasteiger charge is 2.26. The standard InChI is InChI=1S/C19H31N/c1-4-5-6-16-8-11-17(12-9-16)19(20)18-10-7-14(2)15(3)13-18/h7,10,13,16-17,19H,4-6,8-9,11-12,20H2,1-3H3. The Hall–Kier alpha value is -0.820. The second-order valence-corrected chi connectivity index (χ2v) is 6.79. The number of hydrogen-bond donors (Lipinski definition) is 1. The third kappa shape index (κ3) is 3.85. The Morgan fingerprint density at radius 1 is 1.10 bits per heavy atom. The van der Waals surface area contributed by atoms with Crippen molar-refractivity contribution in [3.05, 3.63) is 34.9 Å². The lowest BCUT2D eigenvalue weighted by Crippen LogP contribution is -2.26. The Balaban J connectivity index is 1.91. The third-order valence-corrected chi connectivity index (χ3v) is 5.28. The Labute approximate surface area is 125 Å². The van der Waals surface area contributed by atoms with Crippen LogP contribution in [0.25, 0.3) is 0 Å². The Kier molecular flexibility index (Phi) is 5.65. The van der Waals surface area contributed by atoms with Crippen molar-refractivity contribution in [2.24, 2.45) is 17.6 Å². The van der Waals surface area contributed by atoms with E-state index in [1.807, 2.05) is 0 Å². The molecule has 1 aromatic carbocycles. The lowest BCUT2D eigenvalue weighted by atomic mass is 9.75. The largest absolute Gasteiger partial charge is 0.324 e. The number of rotatable bonds is 5. The fourth-order valence-corrected chi connectivity index (χ4v) is 3.57. The first-order valence-electron chi connectivity index (χ1n) is 8.44. The van der Waals surface area contributed by atoms with Crippen molar-refractivity contribution in [3.63, 3.8) is 0 Å². The molecule has 1 fully saturated rings. The van der Waals surface area contributed by atoms with Crippen LogP contribution in [0.4, 0.5) is 0 Å². The van der Waals surface area contributed by atoms with E-state index in [-0.39, 0.29) is 6.04 Å². The van der Waals surface area contributed by atoms with Crippen LogP contribution in [0, 0.1) is 25.7 Å². The quantitative estimate of drug-likeness (QED) is 0.774. The van der Waals surface area contributed by atoms with Crippen LogP contribution in [-0.4, -0.2) is 0 Å². The normalized spacial score (nSPS) is 24.6. The van der Waals surface area contributed by atoms with Crippen molar-refractivity contribution >= 4 is 0 Å². The minimum Gasteiger partial charge on any atom is -0.324 e. The van der Waals surface area contributed by atoms with Gasteiger partial charge in [-0.25, -0.2) is 0 Å². The number of benzene rings is 1. The molecule has 1 heteroatoms. The van der Waals surface area contributed by atoms with Gasteiger partial charge in [-0.2, -0.15) is 0 Å². The molecule has 0 amide bonds. The van der Waals surface area contributed by atoms with Gasteiger partial charge < -0.3 is 5.73 Å². The van der Waals surface area contributed by atoms with Crippen molar-refractivity contribution in [3.8, 4) is 0 Å². The van der Waals surface area contributed by atoms with Crippen molar-refractivity contribution in [1.29, 1.82) is 0 Å². The van der Waals surface area contributed by atoms with Gasteiger partial charge in [0.05, 0.1) is 0 Å². The maximum Gasteiger partial charge on any atom is 0.0323 e. The van der Waals surface area contributed by atoms with Gasteiger partial charge in [0, 0.05) is 6.04 Å². The van der Waals surface area contributed by atoms with Gasteiger partial charge in [-0.05, 0) is 55.2 Å². The number of hydrogen-bond acceptors (Lipinski definition) is 1. The Morgan fingerprint density at radius 2 is 1.80 bits per heavy atom. The van der Waals surface area contributed by atoms with Crippen molar-refractivity contribution in [2.75, 3.05) is 0 Å². The first-order chi connectivity index (χ1) is 9.61. The molecule has 0 saturated heterocycles. The minimum atomic E-state index is 0.237. The van der Waals surface area contributed by atoms with E-state index in [1.165, 1.54) is 61.6 Å². The van der Waals surface area contributed by atoms with E-state index in [0.29, 0.717) is 5.92 Å². The molecule has 1 aliphatic carbocycles. The van der Waals surface area contributed by atoms with Crippen LogP contribution in [0.2, 0.25) is 0 Å². The Morgan fingerprint density at radius 3 is 2.40 bits per heavy atom. The molecule has 20 heavy (non-hydrogen) atoms. The first kappa shape index (κ1) is 15.6. The molecule has 0 heterocycles. The molecule has 1 saturated carbocycles. The van der Waals surface area contributed by atoms with Gasteiger partial charge in [-0.3, -0.25) is 0 Å². The predicted octanol–water partition coefficient (Wildman–Crippen LogP) is 5.30. The van der Waals surface area contributed by atoms with E-state index in [0.717, 1.165) is 5.92 Å². The van der Waals surface area contributed by atoms with E-state index < -0.39 is 0 Å². The van der Waals surface area contributed by atoms with Crippen molar-refractivity contribution in [1.82, 2.24) is 0 Å². The molecule has 1 aliphatic rings. The molecule has 0 bridgehead atoms. The van der Waals surface area contributed by atoms with Crippen LogP contribution in [0.3, 0.4) is 0 Å². The summed E-state index contributed by atoms with van der Waals surface area (Å²) in [6.45, 7) is 6.65. The SMILES string of the molecule is CCCCC1CCC(C(N)c2ccc(C)c(C)c2)CC1. The molecule has 2 rings (SSSR count). The molecule has 0 radical (unpaired) electrons. The van der Waals surface area contributed by atoms with Crippen molar-refractivity contribution in [2.45, 2.75) is 71.8 Å². The summed E-state index contributed by atoms with van der Waals surface area (Å²) in [4.78, 5) is 0. The zero-order chi connectivity index (χ0) is 14.5. The molecule has 1 aromatic rings. The summed E-state index contributed by atoms with van der Waals surface area (Å²) in [5.74, 6) is 1.66. The van der Waals surface area contributed by atoms with Gasteiger partial charge in [0.1, 0.15) is 0 Å². The molecular formula is C19H31N. The van der Waals surface area contributed by atoms with Crippen LogP contribution in [-0.2, 0) is 0 Å². The summed E-state index contributed by atoms with van der Waals surface area (Å²) >= 11 is 0. The molecule has 0 aliphatic heterocycles. The highest BCUT2D eigenvalue weighted by atomic mass is 14.7. The summed E-state index contributed by atoms with van der Waals surface area (Å²) < 4.78 is 0. The second kappa shape index (κ2) is 7.26. The van der Waals surface area contributed by atoms with E-state index in [4.69, 9.17) is 5.73 Å². The number of unbranched alkanes of at least 4 members (excludes halogenated alkanes) is 1. The lowest BCUT2D eigenvalue weighted by Gasteiger charge is -2.32. The zero-order valence-electron chi connectivity index (χ0n) is 13.5. The fraction of sp³-hybridized carbons (Fsp3) is 0.684. The molecule has 1 nitrogen and oxygen atoms in total. The molecule has 0 spiro atoms. The maximum atomic E-state index is 6.53. The van der Waals surface area contributed by atoms with Gasteiger partial charge in [0.2, 0.25) is 0 Å². The molecule has 2 N–H and O–H groups in total. The molecule has 112 valence electrons. The van der Waals surface area contributed by atoms with Crippen molar-refractivity contribution < 1.29 is 0 Å². The van der Waals surface area contributed by atoms with Crippen LogP contribution in [0.5, 0.6) is 0 Å². The number of aryl methyl sites for hydroxylation is 2. The van der Waals surface area contributed by atoms with E-state index >= 15 is 0 Å². The zero-order valence-corrected chi connectivity index (χ0v) is 13.5. The van der Waals surface area contributed by atoms with Crippen LogP contribution in [0.1, 0.15) is 74.6 Å². The summed E-state index contributed by atoms with van der Waals surface area (Å²) in [7, 11) is 0. The van der Waals surface area contributed by atoms with Crippen LogP contribution >= 0.6 is 0 Å². The minimum absolute atomic E-state index is 0.237. The van der Waals surface area contributed by atoms with Gasteiger partial charge in [-0.1, -0.05) is 57.2 Å². The first-order valence-corrected chi connectivity index (χ1v) is 8.44. The predicted molar refractivity (Wildman–Crippen MR) is 87.8 cm³/mol. The highest BCUT2D eigenvalue weighted by molar-refractivity contribution is 5.31. The summed E-state index contributed by atoms with van der Waals surface area (Å²) in [5.41, 5.74) is 10.6. The third-order valence-electron chi connectivity index (χ3n) is 5.28. The molecular weight excluding hydrogens is 242 g/mol. The average molecular weight is 273 g/mol. The second-order valence-electron chi connectivity index (χ2n) is 6.79. The van der Waals surface area contributed by atoms with E-state index in [1.54, 1.807) is 0 Å². The Bertz CT molecular complexity index is 416. The molecule has 1 unspecified atom stereocenters. The summed E-state index contributed by atoms with van der Waals surface area (Å²) in [6, 6.07) is 6.98. The van der Waals surface area contributed by atoms with Gasteiger partial charge in [0.25, 0.3) is 0 Å². The van der Waals surface area contributed by atoms with Crippen LogP contribution < -0.4 is 5.73 Å².